The predicted molar refractivity (Wildman–Crippen MR) is 59.2 cm³/mol. The third-order valence-electron chi connectivity index (χ3n) is 2.24. The third-order valence-corrected chi connectivity index (χ3v) is 2.53. The van der Waals surface area contributed by atoms with Crippen molar-refractivity contribution < 1.29 is 14.3 Å². The second-order valence-electron chi connectivity index (χ2n) is 3.07. The topological polar surface area (TPSA) is 35.5 Å². The van der Waals surface area contributed by atoms with Gasteiger partial charge >= 0.3 is 0 Å². The minimum absolute atomic E-state index is 0.300. The van der Waals surface area contributed by atoms with Crippen LogP contribution >= 0.6 is 11.6 Å². The van der Waals surface area contributed by atoms with E-state index in [-0.39, 0.29) is 0 Å². The van der Waals surface area contributed by atoms with Gasteiger partial charge in [0, 0.05) is 11.1 Å². The molecular formula is C11H13ClO3. The van der Waals surface area contributed by atoms with E-state index in [1.165, 1.54) is 7.11 Å². The summed E-state index contributed by atoms with van der Waals surface area (Å²) in [5.74, 6) is 1.51. The molecule has 3 nitrogen and oxygen atoms in total. The fourth-order valence-corrected chi connectivity index (χ4v) is 1.82. The number of alkyl halides is 1. The van der Waals surface area contributed by atoms with Crippen LogP contribution in [0.4, 0.5) is 0 Å². The molecule has 0 amide bonds. The lowest BCUT2D eigenvalue weighted by molar-refractivity contribution is 0.112. The molecule has 1 aromatic rings. The third kappa shape index (κ3) is 2.07. The Labute approximate surface area is 93.9 Å². The zero-order chi connectivity index (χ0) is 11.4. The Morgan fingerprint density at radius 3 is 2.33 bits per heavy atom. The van der Waals surface area contributed by atoms with Crippen LogP contribution in [0.1, 0.15) is 21.5 Å². The maximum Gasteiger partial charge on any atom is 0.153 e. The number of aldehydes is 1. The van der Waals surface area contributed by atoms with Crippen molar-refractivity contribution >= 4 is 17.9 Å². The molecule has 0 bridgehead atoms. The molecule has 0 N–H and O–H groups in total. The number of ether oxygens (including phenoxy) is 2. The van der Waals surface area contributed by atoms with Crippen molar-refractivity contribution in [3.8, 4) is 11.5 Å². The first-order valence-electron chi connectivity index (χ1n) is 4.45. The molecule has 15 heavy (non-hydrogen) atoms. The highest BCUT2D eigenvalue weighted by Gasteiger charge is 2.15. The zero-order valence-electron chi connectivity index (χ0n) is 8.96. The first-order valence-corrected chi connectivity index (χ1v) is 4.98. The minimum atomic E-state index is 0.300. The molecule has 0 aliphatic rings. The largest absolute Gasteiger partial charge is 0.496 e. The molecule has 1 rings (SSSR count). The molecule has 0 radical (unpaired) electrons. The number of carbonyl (C=O) groups is 1. The van der Waals surface area contributed by atoms with E-state index in [1.54, 1.807) is 13.2 Å². The molecule has 0 aromatic heterocycles. The van der Waals surface area contributed by atoms with Gasteiger partial charge in [-0.15, -0.1) is 11.6 Å². The summed E-state index contributed by atoms with van der Waals surface area (Å²) in [6, 6.07) is 1.69. The van der Waals surface area contributed by atoms with Crippen molar-refractivity contribution in [1.82, 2.24) is 0 Å². The Bertz CT molecular complexity index is 375. The van der Waals surface area contributed by atoms with Gasteiger partial charge in [-0.05, 0) is 13.0 Å². The van der Waals surface area contributed by atoms with E-state index in [0.29, 0.717) is 22.9 Å². The summed E-state index contributed by atoms with van der Waals surface area (Å²) in [5, 5.41) is 0. The molecule has 0 unspecified atom stereocenters. The molecule has 0 aliphatic carbocycles. The maximum atomic E-state index is 10.8. The van der Waals surface area contributed by atoms with E-state index < -0.39 is 0 Å². The van der Waals surface area contributed by atoms with Gasteiger partial charge in [0.05, 0.1) is 25.7 Å². The van der Waals surface area contributed by atoms with E-state index in [0.717, 1.165) is 17.4 Å². The fourth-order valence-electron chi connectivity index (χ4n) is 1.62. The lowest BCUT2D eigenvalue weighted by Crippen LogP contribution is -2.00. The molecule has 0 atom stereocenters. The van der Waals surface area contributed by atoms with Crippen LogP contribution in [0.2, 0.25) is 0 Å². The monoisotopic (exact) mass is 228 g/mol. The lowest BCUT2D eigenvalue weighted by Gasteiger charge is -2.14. The van der Waals surface area contributed by atoms with Crippen molar-refractivity contribution in [2.75, 3.05) is 14.2 Å². The van der Waals surface area contributed by atoms with E-state index in [4.69, 9.17) is 21.1 Å². The van der Waals surface area contributed by atoms with Crippen LogP contribution in [-0.4, -0.2) is 20.5 Å². The molecule has 0 heterocycles. The van der Waals surface area contributed by atoms with Crippen LogP contribution in [0.3, 0.4) is 0 Å². The summed E-state index contributed by atoms with van der Waals surface area (Å²) < 4.78 is 10.4. The number of methoxy groups -OCH3 is 2. The highest BCUT2D eigenvalue weighted by atomic mass is 35.5. The van der Waals surface area contributed by atoms with E-state index in [9.17, 15) is 4.79 Å². The summed E-state index contributed by atoms with van der Waals surface area (Å²) in [5.41, 5.74) is 2.08. The van der Waals surface area contributed by atoms with Gasteiger partial charge in [0.2, 0.25) is 0 Å². The van der Waals surface area contributed by atoms with Crippen LogP contribution in [0.5, 0.6) is 11.5 Å². The van der Waals surface area contributed by atoms with Crippen molar-refractivity contribution in [2.45, 2.75) is 12.8 Å². The number of hydrogen-bond acceptors (Lipinski definition) is 3. The van der Waals surface area contributed by atoms with Crippen molar-refractivity contribution in [1.29, 1.82) is 0 Å². The Morgan fingerprint density at radius 2 is 1.93 bits per heavy atom. The first kappa shape index (κ1) is 11.9. The summed E-state index contributed by atoms with van der Waals surface area (Å²) in [6.07, 6.45) is 0.751. The number of benzene rings is 1. The van der Waals surface area contributed by atoms with Gasteiger partial charge in [-0.2, -0.15) is 0 Å². The Balaban J connectivity index is 3.48. The summed E-state index contributed by atoms with van der Waals surface area (Å²) in [6.45, 7) is 1.83. The Kier molecular flexibility index (Phi) is 3.97. The van der Waals surface area contributed by atoms with Gasteiger partial charge in [0.15, 0.2) is 6.29 Å². The summed E-state index contributed by atoms with van der Waals surface area (Å²) in [4.78, 5) is 10.8. The molecule has 4 heteroatoms. The number of hydrogen-bond donors (Lipinski definition) is 0. The van der Waals surface area contributed by atoms with Crippen LogP contribution in [-0.2, 0) is 5.88 Å². The average molecular weight is 229 g/mol. The van der Waals surface area contributed by atoms with Gasteiger partial charge in [0.1, 0.15) is 11.5 Å². The van der Waals surface area contributed by atoms with E-state index in [1.807, 2.05) is 6.92 Å². The SMILES string of the molecule is COc1c(C=O)cc(CCl)c(OC)c1C. The minimum Gasteiger partial charge on any atom is -0.496 e. The van der Waals surface area contributed by atoms with Crippen LogP contribution in [0, 0.1) is 6.92 Å². The van der Waals surface area contributed by atoms with Crippen LogP contribution in [0.15, 0.2) is 6.07 Å². The maximum absolute atomic E-state index is 10.8. The van der Waals surface area contributed by atoms with E-state index in [2.05, 4.69) is 0 Å². The van der Waals surface area contributed by atoms with Crippen LogP contribution < -0.4 is 9.47 Å². The Hall–Kier alpha value is -1.22. The smallest absolute Gasteiger partial charge is 0.153 e. The molecular weight excluding hydrogens is 216 g/mol. The molecule has 0 fully saturated rings. The zero-order valence-corrected chi connectivity index (χ0v) is 9.72. The Morgan fingerprint density at radius 1 is 1.33 bits per heavy atom. The molecule has 0 saturated carbocycles. The quantitative estimate of drug-likeness (QED) is 0.587. The highest BCUT2D eigenvalue weighted by molar-refractivity contribution is 6.17. The number of halogens is 1. The summed E-state index contributed by atoms with van der Waals surface area (Å²) >= 11 is 5.77. The predicted octanol–water partition coefficient (Wildman–Crippen LogP) is 2.56. The standard InChI is InChI=1S/C11H13ClO3/c1-7-10(14-2)8(5-12)4-9(6-13)11(7)15-3/h4,6H,5H2,1-3H3. The van der Waals surface area contributed by atoms with Gasteiger partial charge in [-0.1, -0.05) is 0 Å². The highest BCUT2D eigenvalue weighted by Crippen LogP contribution is 2.34. The van der Waals surface area contributed by atoms with Gasteiger partial charge in [-0.3, -0.25) is 4.79 Å². The van der Waals surface area contributed by atoms with Gasteiger partial charge < -0.3 is 9.47 Å². The molecule has 82 valence electrons. The fraction of sp³-hybridized carbons (Fsp3) is 0.364. The van der Waals surface area contributed by atoms with Crippen molar-refractivity contribution in [3.63, 3.8) is 0 Å². The lowest BCUT2D eigenvalue weighted by atomic mass is 10.0. The first-order chi connectivity index (χ1) is 7.19. The van der Waals surface area contributed by atoms with Gasteiger partial charge in [0.25, 0.3) is 0 Å². The number of carbonyl (C=O) groups excluding carboxylic acids is 1. The van der Waals surface area contributed by atoms with E-state index >= 15 is 0 Å². The molecule has 1 aromatic carbocycles. The van der Waals surface area contributed by atoms with Crippen molar-refractivity contribution in [3.05, 3.63) is 22.8 Å². The molecule has 0 saturated heterocycles. The molecule has 0 spiro atoms. The molecule has 0 aliphatic heterocycles. The van der Waals surface area contributed by atoms with Crippen molar-refractivity contribution in [2.24, 2.45) is 0 Å². The second-order valence-corrected chi connectivity index (χ2v) is 3.34. The average Bonchev–Trinajstić information content (AvgIpc) is 2.27. The number of rotatable bonds is 4. The van der Waals surface area contributed by atoms with Gasteiger partial charge in [-0.25, -0.2) is 0 Å². The van der Waals surface area contributed by atoms with Crippen LogP contribution in [0.25, 0.3) is 0 Å². The normalized spacial score (nSPS) is 9.87. The summed E-state index contributed by atoms with van der Waals surface area (Å²) in [7, 11) is 3.09. The second kappa shape index (κ2) is 5.03.